The van der Waals surface area contributed by atoms with Crippen LogP contribution in [0.3, 0.4) is 0 Å². The summed E-state index contributed by atoms with van der Waals surface area (Å²) in [6, 6.07) is 10.8. The number of rotatable bonds is 5. The van der Waals surface area contributed by atoms with Gasteiger partial charge >= 0.3 is 6.01 Å². The van der Waals surface area contributed by atoms with Gasteiger partial charge in [0.15, 0.2) is 0 Å². The fourth-order valence-corrected chi connectivity index (χ4v) is 2.75. The lowest BCUT2D eigenvalue weighted by Gasteiger charge is -2.36. The molecule has 7 nitrogen and oxygen atoms in total. The van der Waals surface area contributed by atoms with Crippen molar-refractivity contribution in [1.29, 1.82) is 0 Å². The number of hydrogen-bond donors (Lipinski definition) is 1. The zero-order valence-electron chi connectivity index (χ0n) is 13.4. The molecule has 3 rings (SSSR count). The molecule has 23 heavy (non-hydrogen) atoms. The van der Waals surface area contributed by atoms with Crippen LogP contribution in [-0.2, 0) is 6.42 Å². The van der Waals surface area contributed by atoms with Crippen LogP contribution >= 0.6 is 0 Å². The molecule has 7 heteroatoms. The third-order valence-electron chi connectivity index (χ3n) is 4.01. The van der Waals surface area contributed by atoms with Crippen molar-refractivity contribution in [1.82, 2.24) is 19.9 Å². The molecule has 1 aliphatic rings. The molecule has 0 unspecified atom stereocenters. The summed E-state index contributed by atoms with van der Waals surface area (Å²) in [7, 11) is 1.53. The third kappa shape index (κ3) is 4.07. The maximum Gasteiger partial charge on any atom is 0.321 e. The SMILES string of the molecule is COc1nc(N)nc(CCN2CCN(c3ccccc3)CC2)n1. The van der Waals surface area contributed by atoms with Crippen molar-refractivity contribution in [2.45, 2.75) is 6.42 Å². The molecule has 0 aliphatic carbocycles. The third-order valence-corrected chi connectivity index (χ3v) is 4.01. The highest BCUT2D eigenvalue weighted by Crippen LogP contribution is 2.15. The molecule has 1 aliphatic heterocycles. The minimum Gasteiger partial charge on any atom is -0.467 e. The van der Waals surface area contributed by atoms with Gasteiger partial charge in [0, 0.05) is 44.8 Å². The standard InChI is InChI=1S/C16H22N6O/c1-23-16-19-14(18-15(17)20-16)7-8-21-9-11-22(12-10-21)13-5-3-2-4-6-13/h2-6H,7-12H2,1H3,(H2,17,18,19,20). The number of anilines is 2. The van der Waals surface area contributed by atoms with Crippen LogP contribution in [0.15, 0.2) is 30.3 Å². The maximum atomic E-state index is 5.66. The van der Waals surface area contributed by atoms with Crippen LogP contribution < -0.4 is 15.4 Å². The highest BCUT2D eigenvalue weighted by molar-refractivity contribution is 5.46. The lowest BCUT2D eigenvalue weighted by atomic mass is 10.2. The molecular formula is C16H22N6O. The average Bonchev–Trinajstić information content (AvgIpc) is 2.60. The molecule has 1 fully saturated rings. The molecular weight excluding hydrogens is 292 g/mol. The fourth-order valence-electron chi connectivity index (χ4n) is 2.75. The van der Waals surface area contributed by atoms with E-state index in [4.69, 9.17) is 10.5 Å². The number of benzene rings is 1. The summed E-state index contributed by atoms with van der Waals surface area (Å²) in [5, 5.41) is 0. The first kappa shape index (κ1) is 15.5. The van der Waals surface area contributed by atoms with Crippen LogP contribution in [0.2, 0.25) is 0 Å². The van der Waals surface area contributed by atoms with Crippen molar-refractivity contribution in [3.8, 4) is 6.01 Å². The van der Waals surface area contributed by atoms with E-state index in [0.717, 1.165) is 39.1 Å². The minimum atomic E-state index is 0.209. The number of hydrogen-bond acceptors (Lipinski definition) is 7. The summed E-state index contributed by atoms with van der Waals surface area (Å²) in [5.74, 6) is 0.889. The van der Waals surface area contributed by atoms with E-state index in [9.17, 15) is 0 Å². The van der Waals surface area contributed by atoms with E-state index < -0.39 is 0 Å². The van der Waals surface area contributed by atoms with Crippen molar-refractivity contribution < 1.29 is 4.74 Å². The van der Waals surface area contributed by atoms with Crippen LogP contribution in [0.5, 0.6) is 6.01 Å². The Hall–Kier alpha value is -2.41. The van der Waals surface area contributed by atoms with Crippen molar-refractivity contribution in [2.24, 2.45) is 0 Å². The molecule has 0 spiro atoms. The number of nitrogens with two attached hydrogens (primary N) is 1. The molecule has 0 amide bonds. The molecule has 1 aromatic heterocycles. The second kappa shape index (κ2) is 7.23. The lowest BCUT2D eigenvalue weighted by molar-refractivity contribution is 0.259. The van der Waals surface area contributed by atoms with E-state index in [1.807, 2.05) is 0 Å². The summed E-state index contributed by atoms with van der Waals surface area (Å²) >= 11 is 0. The van der Waals surface area contributed by atoms with Crippen LogP contribution in [-0.4, -0.2) is 59.7 Å². The summed E-state index contributed by atoms with van der Waals surface area (Å²) in [5.41, 5.74) is 6.96. The number of piperazine rings is 1. The normalized spacial score (nSPS) is 15.6. The van der Waals surface area contributed by atoms with Crippen molar-refractivity contribution in [3.63, 3.8) is 0 Å². The molecule has 1 saturated heterocycles. The number of nitrogen functional groups attached to an aromatic ring is 1. The van der Waals surface area contributed by atoms with Crippen LogP contribution in [0.4, 0.5) is 11.6 Å². The number of aromatic nitrogens is 3. The van der Waals surface area contributed by atoms with Gasteiger partial charge in [-0.15, -0.1) is 0 Å². The van der Waals surface area contributed by atoms with Gasteiger partial charge in [0.1, 0.15) is 5.82 Å². The quantitative estimate of drug-likeness (QED) is 0.875. The molecule has 0 saturated carbocycles. The van der Waals surface area contributed by atoms with E-state index in [2.05, 4.69) is 55.1 Å². The molecule has 2 heterocycles. The summed E-state index contributed by atoms with van der Waals surface area (Å²) in [4.78, 5) is 17.1. The zero-order chi connectivity index (χ0) is 16.1. The Bertz CT molecular complexity index is 628. The van der Waals surface area contributed by atoms with Crippen LogP contribution in [0, 0.1) is 0 Å². The van der Waals surface area contributed by atoms with Gasteiger partial charge in [-0.3, -0.25) is 4.90 Å². The van der Waals surface area contributed by atoms with Gasteiger partial charge in [-0.25, -0.2) is 0 Å². The first-order valence-electron chi connectivity index (χ1n) is 7.81. The largest absolute Gasteiger partial charge is 0.467 e. The number of nitrogens with zero attached hydrogens (tertiary/aromatic N) is 5. The topological polar surface area (TPSA) is 80.4 Å². The first-order valence-corrected chi connectivity index (χ1v) is 7.81. The molecule has 0 atom stereocenters. The van der Waals surface area contributed by atoms with E-state index >= 15 is 0 Å². The van der Waals surface area contributed by atoms with E-state index in [0.29, 0.717) is 5.82 Å². The molecule has 2 N–H and O–H groups in total. The monoisotopic (exact) mass is 314 g/mol. The smallest absolute Gasteiger partial charge is 0.321 e. The first-order chi connectivity index (χ1) is 11.2. The fraction of sp³-hybridized carbons (Fsp3) is 0.438. The second-order valence-electron chi connectivity index (χ2n) is 5.51. The van der Waals surface area contributed by atoms with Gasteiger partial charge in [0.25, 0.3) is 0 Å². The Morgan fingerprint density at radius 2 is 1.78 bits per heavy atom. The predicted molar refractivity (Wildman–Crippen MR) is 89.6 cm³/mol. The molecule has 2 aromatic rings. The van der Waals surface area contributed by atoms with Gasteiger partial charge in [-0.1, -0.05) is 18.2 Å². The Kier molecular flexibility index (Phi) is 4.87. The Morgan fingerprint density at radius 1 is 1.04 bits per heavy atom. The van der Waals surface area contributed by atoms with Crippen molar-refractivity contribution in [3.05, 3.63) is 36.2 Å². The highest BCUT2D eigenvalue weighted by atomic mass is 16.5. The van der Waals surface area contributed by atoms with Gasteiger partial charge in [-0.2, -0.15) is 15.0 Å². The van der Waals surface area contributed by atoms with Crippen LogP contribution in [0.25, 0.3) is 0 Å². The lowest BCUT2D eigenvalue weighted by Crippen LogP contribution is -2.47. The zero-order valence-corrected chi connectivity index (χ0v) is 13.4. The van der Waals surface area contributed by atoms with E-state index in [1.165, 1.54) is 12.8 Å². The predicted octanol–water partition coefficient (Wildman–Crippen LogP) is 0.827. The molecule has 0 radical (unpaired) electrons. The number of ether oxygens (including phenoxy) is 1. The van der Waals surface area contributed by atoms with Crippen LogP contribution in [0.1, 0.15) is 5.82 Å². The average molecular weight is 314 g/mol. The van der Waals surface area contributed by atoms with E-state index in [1.54, 1.807) is 0 Å². The number of para-hydroxylation sites is 1. The second-order valence-corrected chi connectivity index (χ2v) is 5.51. The summed E-state index contributed by atoms with van der Waals surface area (Å²) in [6.07, 6.45) is 0.744. The Morgan fingerprint density at radius 3 is 2.48 bits per heavy atom. The van der Waals surface area contributed by atoms with Gasteiger partial charge < -0.3 is 15.4 Å². The number of methoxy groups -OCH3 is 1. The van der Waals surface area contributed by atoms with Crippen molar-refractivity contribution in [2.75, 3.05) is 50.5 Å². The van der Waals surface area contributed by atoms with Gasteiger partial charge in [0.05, 0.1) is 7.11 Å². The maximum absolute atomic E-state index is 5.66. The van der Waals surface area contributed by atoms with Gasteiger partial charge in [-0.05, 0) is 12.1 Å². The highest BCUT2D eigenvalue weighted by Gasteiger charge is 2.17. The summed E-state index contributed by atoms with van der Waals surface area (Å²) in [6.45, 7) is 5.05. The molecule has 122 valence electrons. The van der Waals surface area contributed by atoms with Gasteiger partial charge in [0.2, 0.25) is 5.95 Å². The van der Waals surface area contributed by atoms with E-state index in [-0.39, 0.29) is 12.0 Å². The summed E-state index contributed by atoms with van der Waals surface area (Å²) < 4.78 is 5.03. The Labute approximate surface area is 136 Å². The molecule has 0 bridgehead atoms. The Balaban J connectivity index is 1.50. The molecule has 1 aromatic carbocycles. The van der Waals surface area contributed by atoms with Crippen molar-refractivity contribution >= 4 is 11.6 Å². The minimum absolute atomic E-state index is 0.209.